The van der Waals surface area contributed by atoms with Gasteiger partial charge in [0, 0.05) is 6.54 Å². The van der Waals surface area contributed by atoms with Crippen LogP contribution in [0.4, 0.5) is 8.78 Å². The lowest BCUT2D eigenvalue weighted by Crippen LogP contribution is -2.26. The number of halogens is 2. The van der Waals surface area contributed by atoms with Crippen LogP contribution in [0.5, 0.6) is 0 Å². The van der Waals surface area contributed by atoms with E-state index in [1.165, 1.54) is 12.0 Å². The summed E-state index contributed by atoms with van der Waals surface area (Å²) >= 11 is 0. The second kappa shape index (κ2) is 6.45. The van der Waals surface area contributed by atoms with E-state index >= 15 is 0 Å². The standard InChI is InChI=1S/C14H17F2NO2S/c15-12-6-7-13(16)14(10-12)20(18,19)17-9-8-11-4-2-1-3-5-11/h4,6-7,10,17H,1-3,5,8-9H2. The Kier molecular flexibility index (Phi) is 4.88. The lowest BCUT2D eigenvalue weighted by Gasteiger charge is -2.13. The van der Waals surface area contributed by atoms with E-state index < -0.39 is 26.6 Å². The molecule has 1 aromatic carbocycles. The van der Waals surface area contributed by atoms with E-state index in [2.05, 4.69) is 10.8 Å². The molecule has 1 aromatic rings. The van der Waals surface area contributed by atoms with Crippen molar-refractivity contribution >= 4 is 10.0 Å². The summed E-state index contributed by atoms with van der Waals surface area (Å²) in [5.74, 6) is -1.72. The summed E-state index contributed by atoms with van der Waals surface area (Å²) in [5, 5.41) is 0. The van der Waals surface area contributed by atoms with Crippen LogP contribution < -0.4 is 4.72 Å². The van der Waals surface area contributed by atoms with Crippen molar-refractivity contribution in [3.8, 4) is 0 Å². The molecule has 2 rings (SSSR count). The molecule has 0 aliphatic heterocycles. The molecule has 20 heavy (non-hydrogen) atoms. The average molecular weight is 301 g/mol. The van der Waals surface area contributed by atoms with Crippen LogP contribution in [0.3, 0.4) is 0 Å². The van der Waals surface area contributed by atoms with Gasteiger partial charge in [-0.1, -0.05) is 11.6 Å². The molecule has 1 aliphatic carbocycles. The number of nitrogens with one attached hydrogen (secondary N) is 1. The number of benzene rings is 1. The van der Waals surface area contributed by atoms with Gasteiger partial charge in [-0.05, 0) is 50.3 Å². The van der Waals surface area contributed by atoms with Crippen molar-refractivity contribution in [3.05, 3.63) is 41.5 Å². The first kappa shape index (κ1) is 15.1. The summed E-state index contributed by atoms with van der Waals surface area (Å²) < 4.78 is 52.6. The van der Waals surface area contributed by atoms with Gasteiger partial charge in [0.05, 0.1) is 0 Å². The second-order valence-electron chi connectivity index (χ2n) is 4.83. The average Bonchev–Trinajstić information content (AvgIpc) is 2.42. The maximum absolute atomic E-state index is 13.4. The van der Waals surface area contributed by atoms with Crippen molar-refractivity contribution in [3.63, 3.8) is 0 Å². The van der Waals surface area contributed by atoms with Gasteiger partial charge in [0.1, 0.15) is 16.5 Å². The Hall–Kier alpha value is -1.27. The van der Waals surface area contributed by atoms with E-state index in [-0.39, 0.29) is 6.54 Å². The molecule has 1 aliphatic rings. The maximum Gasteiger partial charge on any atom is 0.243 e. The Labute approximate surface area is 117 Å². The molecular formula is C14H17F2NO2S. The Morgan fingerprint density at radius 1 is 1.20 bits per heavy atom. The highest BCUT2D eigenvalue weighted by Gasteiger charge is 2.19. The predicted octanol–water partition coefficient (Wildman–Crippen LogP) is 3.13. The van der Waals surface area contributed by atoms with Crippen molar-refractivity contribution < 1.29 is 17.2 Å². The van der Waals surface area contributed by atoms with E-state index in [0.717, 1.165) is 31.4 Å². The lowest BCUT2D eigenvalue weighted by molar-refractivity contribution is 0.545. The smallest absolute Gasteiger partial charge is 0.211 e. The summed E-state index contributed by atoms with van der Waals surface area (Å²) in [6.45, 7) is 0.199. The fraction of sp³-hybridized carbons (Fsp3) is 0.429. The van der Waals surface area contributed by atoms with Crippen LogP contribution in [-0.4, -0.2) is 15.0 Å². The first-order chi connectivity index (χ1) is 9.49. The number of sulfonamides is 1. The maximum atomic E-state index is 13.4. The van der Waals surface area contributed by atoms with Gasteiger partial charge in [-0.2, -0.15) is 0 Å². The largest absolute Gasteiger partial charge is 0.243 e. The molecule has 0 radical (unpaired) electrons. The number of hydrogen-bond acceptors (Lipinski definition) is 2. The SMILES string of the molecule is O=S(=O)(NCCC1=CCCCC1)c1cc(F)ccc1F. The highest BCUT2D eigenvalue weighted by molar-refractivity contribution is 7.89. The third-order valence-corrected chi connectivity index (χ3v) is 4.78. The molecule has 0 fully saturated rings. The van der Waals surface area contributed by atoms with Gasteiger partial charge in [0.2, 0.25) is 10.0 Å². The topological polar surface area (TPSA) is 46.2 Å². The fourth-order valence-corrected chi connectivity index (χ4v) is 3.36. The van der Waals surface area contributed by atoms with Crippen LogP contribution in [0.2, 0.25) is 0 Å². The zero-order valence-corrected chi connectivity index (χ0v) is 11.8. The Balaban J connectivity index is 2.00. The quantitative estimate of drug-likeness (QED) is 0.849. The van der Waals surface area contributed by atoms with Crippen LogP contribution in [0.15, 0.2) is 34.7 Å². The van der Waals surface area contributed by atoms with Crippen LogP contribution in [0.1, 0.15) is 32.1 Å². The van der Waals surface area contributed by atoms with Crippen LogP contribution in [-0.2, 0) is 10.0 Å². The molecule has 0 bridgehead atoms. The summed E-state index contributed by atoms with van der Waals surface area (Å²) in [5.41, 5.74) is 1.22. The number of rotatable bonds is 5. The molecule has 0 saturated carbocycles. The normalized spacial score (nSPS) is 16.0. The molecule has 0 saturated heterocycles. The zero-order valence-electron chi connectivity index (χ0n) is 11.0. The van der Waals surface area contributed by atoms with Crippen molar-refractivity contribution in [2.75, 3.05) is 6.54 Å². The van der Waals surface area contributed by atoms with Gasteiger partial charge in [-0.15, -0.1) is 0 Å². The van der Waals surface area contributed by atoms with Crippen molar-refractivity contribution in [1.29, 1.82) is 0 Å². The molecule has 6 heteroatoms. The minimum absolute atomic E-state index is 0.199. The third kappa shape index (κ3) is 3.86. The van der Waals surface area contributed by atoms with E-state index in [1.807, 2.05) is 0 Å². The minimum atomic E-state index is -4.01. The highest BCUT2D eigenvalue weighted by Crippen LogP contribution is 2.20. The molecule has 0 amide bonds. The van der Waals surface area contributed by atoms with Gasteiger partial charge < -0.3 is 0 Å². The van der Waals surface area contributed by atoms with Gasteiger partial charge in [-0.25, -0.2) is 21.9 Å². The number of allylic oxidation sites excluding steroid dienone is 1. The van der Waals surface area contributed by atoms with Crippen molar-refractivity contribution in [2.45, 2.75) is 37.0 Å². The molecule has 0 spiro atoms. The van der Waals surface area contributed by atoms with E-state index in [1.54, 1.807) is 0 Å². The lowest BCUT2D eigenvalue weighted by atomic mass is 9.97. The van der Waals surface area contributed by atoms with Crippen molar-refractivity contribution in [1.82, 2.24) is 4.72 Å². The van der Waals surface area contributed by atoms with Gasteiger partial charge in [0.25, 0.3) is 0 Å². The Bertz CT molecular complexity index is 612. The summed E-state index contributed by atoms with van der Waals surface area (Å²) in [6.07, 6.45) is 7.04. The van der Waals surface area contributed by atoms with Gasteiger partial charge in [-0.3, -0.25) is 0 Å². The molecule has 1 N–H and O–H groups in total. The summed E-state index contributed by atoms with van der Waals surface area (Å²) in [6, 6.07) is 2.40. The first-order valence-corrected chi connectivity index (χ1v) is 8.10. The predicted molar refractivity (Wildman–Crippen MR) is 72.7 cm³/mol. The Morgan fingerprint density at radius 2 is 2.00 bits per heavy atom. The highest BCUT2D eigenvalue weighted by atomic mass is 32.2. The number of hydrogen-bond donors (Lipinski definition) is 1. The molecule has 0 aromatic heterocycles. The monoisotopic (exact) mass is 301 g/mol. The van der Waals surface area contributed by atoms with Crippen LogP contribution in [0.25, 0.3) is 0 Å². The third-order valence-electron chi connectivity index (χ3n) is 3.31. The molecule has 0 atom stereocenters. The van der Waals surface area contributed by atoms with Gasteiger partial charge in [0.15, 0.2) is 0 Å². The molecule has 0 unspecified atom stereocenters. The molecule has 110 valence electrons. The minimum Gasteiger partial charge on any atom is -0.211 e. The van der Waals surface area contributed by atoms with Crippen LogP contribution >= 0.6 is 0 Å². The summed E-state index contributed by atoms with van der Waals surface area (Å²) in [4.78, 5) is -0.643. The van der Waals surface area contributed by atoms with E-state index in [9.17, 15) is 17.2 Å². The van der Waals surface area contributed by atoms with Gasteiger partial charge >= 0.3 is 0 Å². The molecule has 3 nitrogen and oxygen atoms in total. The zero-order chi connectivity index (χ0) is 14.6. The molecular weight excluding hydrogens is 284 g/mol. The fourth-order valence-electron chi connectivity index (χ4n) is 2.24. The van der Waals surface area contributed by atoms with E-state index in [4.69, 9.17) is 0 Å². The first-order valence-electron chi connectivity index (χ1n) is 6.62. The molecule has 0 heterocycles. The van der Waals surface area contributed by atoms with Crippen molar-refractivity contribution in [2.24, 2.45) is 0 Å². The van der Waals surface area contributed by atoms with Crippen LogP contribution in [0, 0.1) is 11.6 Å². The van der Waals surface area contributed by atoms with E-state index in [0.29, 0.717) is 12.5 Å². The second-order valence-corrected chi connectivity index (χ2v) is 6.57. The summed E-state index contributed by atoms with van der Waals surface area (Å²) in [7, 11) is -4.01. The Morgan fingerprint density at radius 3 is 2.70 bits per heavy atom.